The molecule has 10 heteroatoms. The number of thioether (sulfide) groups is 1. The van der Waals surface area contributed by atoms with Gasteiger partial charge in [0.25, 0.3) is 0 Å². The van der Waals surface area contributed by atoms with E-state index in [2.05, 4.69) is 10.3 Å². The van der Waals surface area contributed by atoms with E-state index in [1.807, 2.05) is 48.4 Å². The van der Waals surface area contributed by atoms with Gasteiger partial charge in [-0.05, 0) is 42.0 Å². The number of esters is 1. The summed E-state index contributed by atoms with van der Waals surface area (Å²) in [6.45, 7) is 3.83. The van der Waals surface area contributed by atoms with Crippen LogP contribution in [-0.4, -0.2) is 29.1 Å². The first-order valence-corrected chi connectivity index (χ1v) is 12.5. The van der Waals surface area contributed by atoms with E-state index in [4.69, 9.17) is 4.74 Å². The third-order valence-electron chi connectivity index (χ3n) is 6.07. The molecule has 1 N–H and O–H groups in total. The predicted octanol–water partition coefficient (Wildman–Crippen LogP) is 5.86. The summed E-state index contributed by atoms with van der Waals surface area (Å²) in [6, 6.07) is 12.1. The maximum atomic E-state index is 13.0. The Kier molecular flexibility index (Phi) is 7.77. The van der Waals surface area contributed by atoms with Crippen molar-refractivity contribution in [1.82, 2.24) is 10.2 Å². The van der Waals surface area contributed by atoms with Crippen molar-refractivity contribution in [2.75, 3.05) is 7.11 Å². The van der Waals surface area contributed by atoms with Crippen molar-refractivity contribution in [3.05, 3.63) is 93.2 Å². The zero-order valence-electron chi connectivity index (χ0n) is 20.6. The van der Waals surface area contributed by atoms with E-state index >= 15 is 0 Å². The molecule has 4 rings (SSSR count). The van der Waals surface area contributed by atoms with E-state index < -0.39 is 23.8 Å². The lowest BCUT2D eigenvalue weighted by molar-refractivity contribution is -0.138. The van der Waals surface area contributed by atoms with Crippen molar-refractivity contribution in [3.8, 4) is 0 Å². The third-order valence-corrected chi connectivity index (χ3v) is 6.96. The van der Waals surface area contributed by atoms with Crippen molar-refractivity contribution in [1.29, 1.82) is 0 Å². The van der Waals surface area contributed by atoms with Crippen molar-refractivity contribution < 1.29 is 27.5 Å². The quantitative estimate of drug-likeness (QED) is 0.455. The van der Waals surface area contributed by atoms with E-state index in [9.17, 15) is 22.8 Å². The van der Waals surface area contributed by atoms with Crippen LogP contribution in [0, 0.1) is 6.92 Å². The largest absolute Gasteiger partial charge is 0.466 e. The maximum absolute atomic E-state index is 13.0. The summed E-state index contributed by atoms with van der Waals surface area (Å²) in [7, 11) is 1.33. The Balaban J connectivity index is 1.58. The Bertz CT molecular complexity index is 1320. The van der Waals surface area contributed by atoms with E-state index in [0.717, 1.165) is 23.3 Å². The molecule has 1 amide bonds. The van der Waals surface area contributed by atoms with Crippen LogP contribution in [0.5, 0.6) is 0 Å². The lowest BCUT2D eigenvalue weighted by Crippen LogP contribution is -2.38. The van der Waals surface area contributed by atoms with Gasteiger partial charge in [0.1, 0.15) is 0 Å². The summed E-state index contributed by atoms with van der Waals surface area (Å²) in [6.07, 6.45) is -3.97. The van der Waals surface area contributed by atoms with Crippen LogP contribution in [-0.2, 0) is 27.0 Å². The Hall–Kier alpha value is -3.53. The first kappa shape index (κ1) is 26.5. The first-order valence-electron chi connectivity index (χ1n) is 11.7. The fourth-order valence-electron chi connectivity index (χ4n) is 4.35. The number of carbonyl (C=O) groups is 2. The fraction of sp³-hybridized carbons (Fsp3) is 0.296. The molecular weight excluding hydrogens is 503 g/mol. The molecule has 6 nitrogen and oxygen atoms in total. The molecule has 0 aromatic heterocycles. The normalized spacial score (nSPS) is 17.2. The summed E-state index contributed by atoms with van der Waals surface area (Å²) >= 11 is 1.36. The molecule has 0 saturated carbocycles. The van der Waals surface area contributed by atoms with Crippen LogP contribution in [0.3, 0.4) is 0 Å². The highest BCUT2D eigenvalue weighted by molar-refractivity contribution is 8.16. The van der Waals surface area contributed by atoms with Gasteiger partial charge in [0, 0.05) is 12.2 Å². The van der Waals surface area contributed by atoms with Crippen LogP contribution in [0.1, 0.15) is 48.1 Å². The van der Waals surface area contributed by atoms with Crippen LogP contribution >= 0.6 is 11.8 Å². The SMILES string of the molecule is CCC1=C(C(=O)OC)[C@H](c2cccc(C)c2)N2C(CC(=O)NCc3cccc(C(F)(F)F)c3)=CSC2=N1. The molecule has 0 saturated heterocycles. The van der Waals surface area contributed by atoms with Crippen molar-refractivity contribution in [2.45, 2.75) is 45.5 Å². The number of methoxy groups -OCH3 is 1. The van der Waals surface area contributed by atoms with Crippen LogP contribution in [0.15, 0.2) is 75.9 Å². The number of aryl methyl sites for hydroxylation is 1. The summed E-state index contributed by atoms with van der Waals surface area (Å²) in [5, 5.41) is 5.17. The smallest absolute Gasteiger partial charge is 0.416 e. The average molecular weight is 530 g/mol. The van der Waals surface area contributed by atoms with Crippen molar-refractivity contribution in [2.24, 2.45) is 4.99 Å². The lowest BCUT2D eigenvalue weighted by atomic mass is 9.92. The zero-order valence-corrected chi connectivity index (χ0v) is 21.4. The second kappa shape index (κ2) is 10.8. The van der Waals surface area contributed by atoms with E-state index in [-0.39, 0.29) is 18.9 Å². The number of hydrogen-bond donors (Lipinski definition) is 1. The summed E-state index contributed by atoms with van der Waals surface area (Å²) in [4.78, 5) is 32.3. The molecule has 0 unspecified atom stereocenters. The van der Waals surface area contributed by atoms with Gasteiger partial charge in [-0.25, -0.2) is 9.79 Å². The summed E-state index contributed by atoms with van der Waals surface area (Å²) in [5.74, 6) is -0.852. The molecule has 1 atom stereocenters. The van der Waals surface area contributed by atoms with Gasteiger partial charge in [-0.3, -0.25) is 4.79 Å². The number of halogens is 3. The number of amidine groups is 1. The molecule has 0 radical (unpaired) electrons. The van der Waals surface area contributed by atoms with Gasteiger partial charge in [0.2, 0.25) is 5.91 Å². The lowest BCUT2D eigenvalue weighted by Gasteiger charge is -2.36. The zero-order chi connectivity index (χ0) is 26.7. The molecule has 0 spiro atoms. The summed E-state index contributed by atoms with van der Waals surface area (Å²) < 4.78 is 44.2. The van der Waals surface area contributed by atoms with Crippen molar-refractivity contribution in [3.63, 3.8) is 0 Å². The average Bonchev–Trinajstić information content (AvgIpc) is 3.27. The maximum Gasteiger partial charge on any atom is 0.416 e. The minimum Gasteiger partial charge on any atom is -0.466 e. The fourth-order valence-corrected chi connectivity index (χ4v) is 5.29. The third kappa shape index (κ3) is 5.74. The number of carbonyl (C=O) groups excluding carboxylic acids is 2. The predicted molar refractivity (Wildman–Crippen MR) is 136 cm³/mol. The molecule has 194 valence electrons. The molecule has 2 aliphatic heterocycles. The van der Waals surface area contributed by atoms with Crippen LogP contribution < -0.4 is 5.32 Å². The number of ether oxygens (including phenoxy) is 1. The molecule has 37 heavy (non-hydrogen) atoms. The van der Waals surface area contributed by atoms with Crippen LogP contribution in [0.25, 0.3) is 0 Å². The molecular formula is C27H26F3N3O3S. The molecule has 0 fully saturated rings. The number of benzene rings is 2. The van der Waals surface area contributed by atoms with Gasteiger partial charge in [0.15, 0.2) is 5.17 Å². The number of hydrogen-bond acceptors (Lipinski definition) is 6. The van der Waals surface area contributed by atoms with Gasteiger partial charge in [0.05, 0.1) is 36.4 Å². The minimum absolute atomic E-state index is 0.0385. The summed E-state index contributed by atoms with van der Waals surface area (Å²) in [5.41, 5.74) is 3.13. The highest BCUT2D eigenvalue weighted by atomic mass is 32.2. The van der Waals surface area contributed by atoms with E-state index in [0.29, 0.717) is 34.1 Å². The van der Waals surface area contributed by atoms with Gasteiger partial charge in [-0.15, -0.1) is 0 Å². The molecule has 2 heterocycles. The highest BCUT2D eigenvalue weighted by Gasteiger charge is 2.41. The number of aliphatic imine (C=N–C) groups is 1. The van der Waals surface area contributed by atoms with Crippen LogP contribution in [0.2, 0.25) is 0 Å². The number of amides is 1. The van der Waals surface area contributed by atoms with E-state index in [1.54, 1.807) is 0 Å². The number of nitrogens with one attached hydrogen (secondary N) is 1. The second-order valence-electron chi connectivity index (χ2n) is 8.67. The molecule has 0 aliphatic carbocycles. The minimum atomic E-state index is -4.46. The van der Waals surface area contributed by atoms with Gasteiger partial charge in [-0.2, -0.15) is 13.2 Å². The molecule has 2 aliphatic rings. The van der Waals surface area contributed by atoms with Crippen molar-refractivity contribution >= 4 is 28.8 Å². The number of fused-ring (bicyclic) bond motifs is 1. The Morgan fingerprint density at radius 1 is 1.16 bits per heavy atom. The van der Waals surface area contributed by atoms with Gasteiger partial charge in [-0.1, -0.05) is 60.6 Å². The first-order chi connectivity index (χ1) is 17.6. The van der Waals surface area contributed by atoms with E-state index in [1.165, 1.54) is 31.0 Å². The monoisotopic (exact) mass is 529 g/mol. The molecule has 2 aromatic rings. The number of rotatable bonds is 7. The van der Waals surface area contributed by atoms with Gasteiger partial charge < -0.3 is 15.0 Å². The highest BCUT2D eigenvalue weighted by Crippen LogP contribution is 2.45. The topological polar surface area (TPSA) is 71.0 Å². The standard InChI is InChI=1S/C27H26F3N3O3S/c1-4-21-23(25(35)36-3)24(18-9-5-7-16(2)11-18)33-20(15-37-26(33)32-21)13-22(34)31-14-17-8-6-10-19(12-17)27(28,29)30/h5-12,15,24H,4,13-14H2,1-3H3,(H,31,34)/t24-/m0/s1. The number of allylic oxidation sites excluding steroid dienone is 1. The second-order valence-corrected chi connectivity index (χ2v) is 9.50. The molecule has 2 aromatic carbocycles. The van der Waals surface area contributed by atoms with Gasteiger partial charge >= 0.3 is 12.1 Å². The number of nitrogens with zero attached hydrogens (tertiary/aromatic N) is 2. The Morgan fingerprint density at radius 2 is 1.92 bits per heavy atom. The molecule has 0 bridgehead atoms. The number of alkyl halides is 3. The Morgan fingerprint density at radius 3 is 2.59 bits per heavy atom. The van der Waals surface area contributed by atoms with Crippen LogP contribution in [0.4, 0.5) is 13.2 Å². The Labute approximate surface area is 217 Å².